The van der Waals surface area contributed by atoms with E-state index in [1.807, 2.05) is 0 Å². The Labute approximate surface area is 124 Å². The molecule has 1 aliphatic heterocycles. The number of aliphatic hydroxyl groups excluding tert-OH is 2. The maximum atomic E-state index is 12.6. The second-order valence-corrected chi connectivity index (χ2v) is 5.14. The predicted octanol–water partition coefficient (Wildman–Crippen LogP) is 0.660. The summed E-state index contributed by atoms with van der Waals surface area (Å²) < 4.78 is 0. The molecule has 0 bridgehead atoms. The van der Waals surface area contributed by atoms with Crippen molar-refractivity contribution in [1.29, 1.82) is 0 Å². The van der Waals surface area contributed by atoms with E-state index in [0.29, 0.717) is 30.6 Å². The van der Waals surface area contributed by atoms with Crippen LogP contribution in [0.2, 0.25) is 0 Å². The van der Waals surface area contributed by atoms with Gasteiger partial charge in [0.25, 0.3) is 5.91 Å². The lowest BCUT2D eigenvalue weighted by atomic mass is 9.98. The molecule has 112 valence electrons. The number of aromatic nitrogens is 1. The molecule has 1 unspecified atom stereocenters. The van der Waals surface area contributed by atoms with Crippen molar-refractivity contribution in [2.75, 3.05) is 26.3 Å². The average Bonchev–Trinajstić information content (AvgIpc) is 2.55. The molecule has 1 aromatic rings. The van der Waals surface area contributed by atoms with Crippen LogP contribution >= 0.6 is 0 Å². The first kappa shape index (κ1) is 15.5. The SMILES string of the molecule is O=C(c1ccncc1C#CCCO)N1CCCC(CO)C1. The number of nitrogens with zero attached hydrogens (tertiary/aromatic N) is 2. The van der Waals surface area contributed by atoms with Crippen molar-refractivity contribution in [1.82, 2.24) is 9.88 Å². The molecule has 0 radical (unpaired) electrons. The van der Waals surface area contributed by atoms with Gasteiger partial charge in [0.1, 0.15) is 0 Å². The van der Waals surface area contributed by atoms with Gasteiger partial charge in [-0.05, 0) is 24.8 Å². The van der Waals surface area contributed by atoms with Gasteiger partial charge >= 0.3 is 0 Å². The molecule has 1 aromatic heterocycles. The Morgan fingerprint density at radius 3 is 3.10 bits per heavy atom. The number of carbonyl (C=O) groups is 1. The number of pyridine rings is 1. The maximum Gasteiger partial charge on any atom is 0.255 e. The number of aliphatic hydroxyl groups is 2. The van der Waals surface area contributed by atoms with Gasteiger partial charge in [-0.15, -0.1) is 0 Å². The molecule has 1 saturated heterocycles. The molecule has 0 aliphatic carbocycles. The van der Waals surface area contributed by atoms with E-state index in [-0.39, 0.29) is 25.0 Å². The van der Waals surface area contributed by atoms with Gasteiger partial charge in [-0.3, -0.25) is 9.78 Å². The van der Waals surface area contributed by atoms with Crippen molar-refractivity contribution < 1.29 is 15.0 Å². The van der Waals surface area contributed by atoms with E-state index in [0.717, 1.165) is 12.8 Å². The van der Waals surface area contributed by atoms with Gasteiger partial charge in [0.05, 0.1) is 17.7 Å². The molecular formula is C16H20N2O3. The Morgan fingerprint density at radius 2 is 2.33 bits per heavy atom. The zero-order valence-corrected chi connectivity index (χ0v) is 12.0. The standard InChI is InChI=1S/C16H20N2O3/c19-9-2-1-5-14-10-17-7-6-15(14)16(21)18-8-3-4-13(11-18)12-20/h6-7,10,13,19-20H,2-4,8-9,11-12H2. The van der Waals surface area contributed by atoms with Crippen LogP contribution in [-0.4, -0.2) is 52.3 Å². The van der Waals surface area contributed by atoms with Gasteiger partial charge in [-0.2, -0.15) is 0 Å². The molecule has 1 fully saturated rings. The minimum absolute atomic E-state index is 0.000840. The predicted molar refractivity (Wildman–Crippen MR) is 78.5 cm³/mol. The van der Waals surface area contributed by atoms with E-state index < -0.39 is 0 Å². The molecule has 0 aromatic carbocycles. The van der Waals surface area contributed by atoms with E-state index in [1.165, 1.54) is 0 Å². The molecule has 2 heterocycles. The van der Waals surface area contributed by atoms with E-state index in [2.05, 4.69) is 16.8 Å². The van der Waals surface area contributed by atoms with Crippen molar-refractivity contribution in [3.8, 4) is 11.8 Å². The third-order valence-corrected chi connectivity index (χ3v) is 3.58. The smallest absolute Gasteiger partial charge is 0.255 e. The van der Waals surface area contributed by atoms with Gasteiger partial charge in [-0.25, -0.2) is 0 Å². The fourth-order valence-corrected chi connectivity index (χ4v) is 2.46. The second-order valence-electron chi connectivity index (χ2n) is 5.14. The van der Waals surface area contributed by atoms with E-state index >= 15 is 0 Å². The molecule has 5 heteroatoms. The molecule has 1 atom stereocenters. The second kappa shape index (κ2) is 7.77. The third kappa shape index (κ3) is 4.03. The summed E-state index contributed by atoms with van der Waals surface area (Å²) in [6.45, 7) is 1.41. The molecule has 0 spiro atoms. The summed E-state index contributed by atoms with van der Waals surface area (Å²) in [5, 5.41) is 18.0. The number of rotatable bonds is 3. The number of hydrogen-bond donors (Lipinski definition) is 2. The minimum Gasteiger partial charge on any atom is -0.396 e. The zero-order valence-electron chi connectivity index (χ0n) is 12.0. The lowest BCUT2D eigenvalue weighted by Gasteiger charge is -2.32. The fourth-order valence-electron chi connectivity index (χ4n) is 2.46. The summed E-state index contributed by atoms with van der Waals surface area (Å²) in [4.78, 5) is 18.4. The monoisotopic (exact) mass is 288 g/mol. The zero-order chi connectivity index (χ0) is 15.1. The maximum absolute atomic E-state index is 12.6. The Hall–Kier alpha value is -1.90. The van der Waals surface area contributed by atoms with Crippen LogP contribution < -0.4 is 0 Å². The Morgan fingerprint density at radius 1 is 1.48 bits per heavy atom. The van der Waals surface area contributed by atoms with E-state index in [4.69, 9.17) is 5.11 Å². The minimum atomic E-state index is -0.0659. The molecular weight excluding hydrogens is 268 g/mol. The molecule has 1 aliphatic rings. The van der Waals surface area contributed by atoms with Crippen LogP contribution in [0.25, 0.3) is 0 Å². The molecule has 2 N–H and O–H groups in total. The summed E-state index contributed by atoms with van der Waals surface area (Å²) in [5.74, 6) is 5.80. The van der Waals surface area contributed by atoms with Crippen molar-refractivity contribution in [2.45, 2.75) is 19.3 Å². The lowest BCUT2D eigenvalue weighted by Crippen LogP contribution is -2.41. The number of hydrogen-bond acceptors (Lipinski definition) is 4. The number of piperidine rings is 1. The van der Waals surface area contributed by atoms with Gasteiger partial charge in [-0.1, -0.05) is 11.8 Å². The van der Waals surface area contributed by atoms with Crippen LogP contribution in [0.15, 0.2) is 18.5 Å². The molecule has 2 rings (SSSR count). The molecule has 0 saturated carbocycles. The highest BCUT2D eigenvalue weighted by Gasteiger charge is 2.25. The van der Waals surface area contributed by atoms with Crippen LogP contribution in [0.5, 0.6) is 0 Å². The highest BCUT2D eigenvalue weighted by molar-refractivity contribution is 5.96. The number of carbonyl (C=O) groups excluding carboxylic acids is 1. The first-order valence-electron chi connectivity index (χ1n) is 7.20. The topological polar surface area (TPSA) is 73.7 Å². The van der Waals surface area contributed by atoms with Crippen LogP contribution in [0.4, 0.5) is 0 Å². The Balaban J connectivity index is 2.17. The lowest BCUT2D eigenvalue weighted by molar-refractivity contribution is 0.0620. The van der Waals surface area contributed by atoms with Gasteiger partial charge in [0, 0.05) is 38.5 Å². The quantitative estimate of drug-likeness (QED) is 0.801. The van der Waals surface area contributed by atoms with Crippen LogP contribution in [0, 0.1) is 17.8 Å². The highest BCUT2D eigenvalue weighted by Crippen LogP contribution is 2.19. The van der Waals surface area contributed by atoms with Crippen molar-refractivity contribution in [3.05, 3.63) is 29.6 Å². The largest absolute Gasteiger partial charge is 0.396 e. The summed E-state index contributed by atoms with van der Waals surface area (Å²) in [6.07, 6.45) is 5.40. The highest BCUT2D eigenvalue weighted by atomic mass is 16.3. The third-order valence-electron chi connectivity index (χ3n) is 3.58. The van der Waals surface area contributed by atoms with Gasteiger partial charge in [0.15, 0.2) is 0 Å². The summed E-state index contributed by atoms with van der Waals surface area (Å²) in [5.41, 5.74) is 1.12. The fraction of sp³-hybridized carbons (Fsp3) is 0.500. The molecule has 21 heavy (non-hydrogen) atoms. The first-order chi connectivity index (χ1) is 10.3. The number of amides is 1. The van der Waals surface area contributed by atoms with Gasteiger partial charge < -0.3 is 15.1 Å². The van der Waals surface area contributed by atoms with Crippen LogP contribution in [0.3, 0.4) is 0 Å². The normalized spacial score (nSPS) is 18.0. The van der Waals surface area contributed by atoms with Crippen LogP contribution in [0.1, 0.15) is 35.2 Å². The van der Waals surface area contributed by atoms with E-state index in [9.17, 15) is 9.90 Å². The number of likely N-dealkylation sites (tertiary alicyclic amines) is 1. The molecule has 1 amide bonds. The van der Waals surface area contributed by atoms with Crippen molar-refractivity contribution in [2.24, 2.45) is 5.92 Å². The Bertz CT molecular complexity index is 548. The Kier molecular flexibility index (Phi) is 5.73. The molecule has 5 nitrogen and oxygen atoms in total. The first-order valence-corrected chi connectivity index (χ1v) is 7.20. The van der Waals surface area contributed by atoms with Gasteiger partial charge in [0.2, 0.25) is 0 Å². The summed E-state index contributed by atoms with van der Waals surface area (Å²) in [7, 11) is 0. The van der Waals surface area contributed by atoms with Crippen molar-refractivity contribution >= 4 is 5.91 Å². The van der Waals surface area contributed by atoms with E-state index in [1.54, 1.807) is 23.4 Å². The average molecular weight is 288 g/mol. The van der Waals surface area contributed by atoms with Crippen LogP contribution in [-0.2, 0) is 0 Å². The summed E-state index contributed by atoms with van der Waals surface area (Å²) >= 11 is 0. The summed E-state index contributed by atoms with van der Waals surface area (Å²) in [6, 6.07) is 1.67. The van der Waals surface area contributed by atoms with Crippen molar-refractivity contribution in [3.63, 3.8) is 0 Å².